The topological polar surface area (TPSA) is 53.7 Å². The molecule has 1 atom stereocenters. The second-order valence-electron chi connectivity index (χ2n) is 7.61. The molecule has 5 nitrogen and oxygen atoms in total. The maximum atomic E-state index is 13.0. The quantitative estimate of drug-likeness (QED) is 0.359. The molecular weight excluding hydrogens is 470 g/mol. The van der Waals surface area contributed by atoms with E-state index >= 15 is 0 Å². The summed E-state index contributed by atoms with van der Waals surface area (Å²) >= 11 is 0. The zero-order valence-corrected chi connectivity index (χ0v) is 19.2. The van der Waals surface area contributed by atoms with Crippen molar-refractivity contribution in [3.05, 3.63) is 42.0 Å². The molecule has 7 heteroatoms. The van der Waals surface area contributed by atoms with E-state index in [1.807, 2.05) is 7.05 Å². The van der Waals surface area contributed by atoms with E-state index in [2.05, 4.69) is 34.0 Å². The molecular formula is C21H30FIN4O. The highest BCUT2D eigenvalue weighted by molar-refractivity contribution is 14.0. The maximum Gasteiger partial charge on any atom is 0.226 e. The van der Waals surface area contributed by atoms with Crippen molar-refractivity contribution in [2.45, 2.75) is 33.1 Å². The monoisotopic (exact) mass is 500 g/mol. The minimum absolute atomic E-state index is 0. The van der Waals surface area contributed by atoms with Crippen molar-refractivity contribution in [1.29, 1.82) is 0 Å². The van der Waals surface area contributed by atoms with Crippen LogP contribution in [0.4, 0.5) is 4.39 Å². The summed E-state index contributed by atoms with van der Waals surface area (Å²) in [6, 6.07) is 6.17. The number of oxazole rings is 1. The van der Waals surface area contributed by atoms with Crippen LogP contribution in [-0.4, -0.2) is 42.5 Å². The first-order valence-corrected chi connectivity index (χ1v) is 9.71. The third-order valence-electron chi connectivity index (χ3n) is 4.91. The molecule has 1 aliphatic rings. The molecule has 1 aromatic heterocycles. The molecule has 28 heavy (non-hydrogen) atoms. The number of aromatic nitrogens is 1. The van der Waals surface area contributed by atoms with Crippen molar-refractivity contribution in [3.63, 3.8) is 0 Å². The average molecular weight is 500 g/mol. The Bertz CT molecular complexity index is 760. The van der Waals surface area contributed by atoms with Gasteiger partial charge >= 0.3 is 0 Å². The number of nitrogens with zero attached hydrogens (tertiary/aromatic N) is 3. The summed E-state index contributed by atoms with van der Waals surface area (Å²) in [6.07, 6.45) is 4.92. The molecule has 0 spiro atoms. The van der Waals surface area contributed by atoms with Gasteiger partial charge in [-0.1, -0.05) is 13.8 Å². The van der Waals surface area contributed by atoms with Crippen LogP contribution in [0.5, 0.6) is 0 Å². The van der Waals surface area contributed by atoms with Gasteiger partial charge in [-0.2, -0.15) is 0 Å². The Kier molecular flexibility index (Phi) is 8.72. The second-order valence-corrected chi connectivity index (χ2v) is 7.61. The summed E-state index contributed by atoms with van der Waals surface area (Å²) in [4.78, 5) is 11.3. The number of rotatable bonds is 6. The molecule has 3 rings (SSSR count). The summed E-state index contributed by atoms with van der Waals surface area (Å²) in [6.45, 7) is 7.46. The highest BCUT2D eigenvalue weighted by atomic mass is 127. The number of hydrogen-bond donors (Lipinski definition) is 1. The van der Waals surface area contributed by atoms with E-state index in [0.29, 0.717) is 5.89 Å². The van der Waals surface area contributed by atoms with Crippen LogP contribution in [0.15, 0.2) is 39.9 Å². The molecule has 154 valence electrons. The summed E-state index contributed by atoms with van der Waals surface area (Å²) in [7, 11) is 1.83. The molecule has 0 aliphatic carbocycles. The molecule has 1 aliphatic heterocycles. The van der Waals surface area contributed by atoms with Gasteiger partial charge in [-0.3, -0.25) is 4.99 Å². The molecule has 1 fully saturated rings. The van der Waals surface area contributed by atoms with Gasteiger partial charge in [0.05, 0.1) is 5.69 Å². The van der Waals surface area contributed by atoms with Crippen LogP contribution in [0.2, 0.25) is 0 Å². The van der Waals surface area contributed by atoms with E-state index in [1.54, 1.807) is 18.4 Å². The van der Waals surface area contributed by atoms with Gasteiger partial charge in [-0.25, -0.2) is 9.37 Å². The summed E-state index contributed by atoms with van der Waals surface area (Å²) in [5, 5.41) is 3.43. The molecule has 0 radical (unpaired) electrons. The number of benzene rings is 1. The fourth-order valence-corrected chi connectivity index (χ4v) is 3.67. The van der Waals surface area contributed by atoms with E-state index < -0.39 is 0 Å². The first-order valence-electron chi connectivity index (χ1n) is 9.71. The fraction of sp³-hybridized carbons (Fsp3) is 0.524. The van der Waals surface area contributed by atoms with Crippen LogP contribution in [0, 0.1) is 17.7 Å². The van der Waals surface area contributed by atoms with Gasteiger partial charge in [-0.15, -0.1) is 24.0 Å². The van der Waals surface area contributed by atoms with Crippen LogP contribution in [0.3, 0.4) is 0 Å². The van der Waals surface area contributed by atoms with Crippen molar-refractivity contribution in [2.75, 3.05) is 26.7 Å². The summed E-state index contributed by atoms with van der Waals surface area (Å²) in [5.74, 6) is 2.72. The number of guanidine groups is 1. The Morgan fingerprint density at radius 1 is 1.36 bits per heavy atom. The Hall–Kier alpha value is -1.64. The lowest BCUT2D eigenvalue weighted by Gasteiger charge is -2.22. The third-order valence-corrected chi connectivity index (χ3v) is 4.91. The summed E-state index contributed by atoms with van der Waals surface area (Å²) < 4.78 is 18.5. The molecule has 0 amide bonds. The smallest absolute Gasteiger partial charge is 0.226 e. The van der Waals surface area contributed by atoms with Gasteiger partial charge in [0.15, 0.2) is 5.96 Å². The Labute approximate surface area is 183 Å². The average Bonchev–Trinajstić information content (AvgIpc) is 3.29. The predicted molar refractivity (Wildman–Crippen MR) is 122 cm³/mol. The number of halogens is 2. The minimum atomic E-state index is -0.265. The molecule has 0 bridgehead atoms. The molecule has 2 aromatic rings. The van der Waals surface area contributed by atoms with Crippen molar-refractivity contribution in [1.82, 2.24) is 15.2 Å². The molecule has 1 unspecified atom stereocenters. The fourth-order valence-electron chi connectivity index (χ4n) is 3.67. The molecule has 0 saturated carbocycles. The van der Waals surface area contributed by atoms with Crippen LogP contribution >= 0.6 is 24.0 Å². The van der Waals surface area contributed by atoms with Crippen LogP contribution in [0.1, 0.15) is 32.4 Å². The lowest BCUT2D eigenvalue weighted by molar-refractivity contribution is 0.403. The van der Waals surface area contributed by atoms with Gasteiger partial charge in [0, 0.05) is 38.7 Å². The van der Waals surface area contributed by atoms with Gasteiger partial charge in [0.25, 0.3) is 0 Å². The Balaban J connectivity index is 0.00000280. The van der Waals surface area contributed by atoms with Crippen molar-refractivity contribution >= 4 is 29.9 Å². The Morgan fingerprint density at radius 2 is 2.11 bits per heavy atom. The van der Waals surface area contributed by atoms with Crippen molar-refractivity contribution in [3.8, 4) is 11.5 Å². The lowest BCUT2D eigenvalue weighted by atomic mass is 9.97. The van der Waals surface area contributed by atoms with Crippen molar-refractivity contribution < 1.29 is 8.81 Å². The van der Waals surface area contributed by atoms with Crippen molar-refractivity contribution in [2.24, 2.45) is 16.8 Å². The number of likely N-dealkylation sites (tertiary alicyclic amines) is 1. The zero-order valence-electron chi connectivity index (χ0n) is 16.8. The normalized spacial score (nSPS) is 17.1. The number of aliphatic imine (C=N–C) groups is 1. The van der Waals surface area contributed by atoms with Gasteiger partial charge in [0.1, 0.15) is 12.1 Å². The second kappa shape index (κ2) is 10.8. The van der Waals surface area contributed by atoms with Gasteiger partial charge in [0.2, 0.25) is 5.89 Å². The third kappa shape index (κ3) is 6.18. The minimum Gasteiger partial charge on any atom is -0.444 e. The molecule has 1 aromatic carbocycles. The molecule has 1 N–H and O–H groups in total. The lowest BCUT2D eigenvalue weighted by Crippen LogP contribution is -2.40. The summed E-state index contributed by atoms with van der Waals surface area (Å²) in [5.41, 5.74) is 1.65. The largest absolute Gasteiger partial charge is 0.444 e. The first-order chi connectivity index (χ1) is 13.0. The molecule has 2 heterocycles. The first kappa shape index (κ1) is 22.6. The SMILES string of the molecule is CN=C(NCCc1coc(-c2ccc(F)cc2)n1)N1CCC(CC(C)C)C1.I. The Morgan fingerprint density at radius 3 is 2.79 bits per heavy atom. The predicted octanol–water partition coefficient (Wildman–Crippen LogP) is 4.58. The van der Waals surface area contributed by atoms with E-state index in [-0.39, 0.29) is 29.8 Å². The van der Waals surface area contributed by atoms with Crippen LogP contribution in [0.25, 0.3) is 11.5 Å². The van der Waals surface area contributed by atoms with Gasteiger partial charge < -0.3 is 14.6 Å². The maximum absolute atomic E-state index is 13.0. The van der Waals surface area contributed by atoms with Crippen LogP contribution < -0.4 is 5.32 Å². The van der Waals surface area contributed by atoms with E-state index in [1.165, 1.54) is 25.0 Å². The van der Waals surface area contributed by atoms with E-state index in [9.17, 15) is 4.39 Å². The van der Waals surface area contributed by atoms with E-state index in [4.69, 9.17) is 4.42 Å². The standard InChI is InChI=1S/C21H29FN4O.HI/c1-15(2)12-16-9-11-26(13-16)21(23-3)24-10-8-19-14-27-20(25-19)17-4-6-18(22)7-5-17;/h4-7,14-16H,8-13H2,1-3H3,(H,23,24);1H. The van der Waals surface area contributed by atoms with Crippen LogP contribution in [-0.2, 0) is 6.42 Å². The highest BCUT2D eigenvalue weighted by Gasteiger charge is 2.25. The van der Waals surface area contributed by atoms with E-state index in [0.717, 1.165) is 55.1 Å². The number of nitrogens with one attached hydrogen (secondary N) is 1. The molecule has 1 saturated heterocycles. The number of hydrogen-bond acceptors (Lipinski definition) is 3. The zero-order chi connectivity index (χ0) is 19.2. The van der Waals surface area contributed by atoms with Gasteiger partial charge in [-0.05, 0) is 48.9 Å². The highest BCUT2D eigenvalue weighted by Crippen LogP contribution is 2.23.